The van der Waals surface area contributed by atoms with Gasteiger partial charge in [0.05, 0.1) is 0 Å². The van der Waals surface area contributed by atoms with Crippen molar-refractivity contribution in [2.45, 2.75) is 32.9 Å². The number of nitrogens with one attached hydrogen (secondary N) is 1. The van der Waals surface area contributed by atoms with Gasteiger partial charge < -0.3 is 15.0 Å². The first-order chi connectivity index (χ1) is 10.9. The minimum Gasteiger partial charge on any atom is -0.444 e. The fourth-order valence-electron chi connectivity index (χ4n) is 2.55. The number of carbonyl (C=O) groups is 1. The molecule has 0 aromatic heterocycles. The van der Waals surface area contributed by atoms with Gasteiger partial charge in [-0.25, -0.2) is 4.79 Å². The molecule has 0 atom stereocenters. The molecule has 0 bridgehead atoms. The number of nitrogens with zero attached hydrogens (tertiary/aromatic N) is 2. The summed E-state index contributed by atoms with van der Waals surface area (Å²) in [6, 6.07) is 10.4. The topological polar surface area (TPSA) is 44.8 Å². The molecule has 1 amide bonds. The van der Waals surface area contributed by atoms with E-state index in [9.17, 15) is 4.79 Å². The summed E-state index contributed by atoms with van der Waals surface area (Å²) in [5.74, 6) is 0. The number of benzene rings is 1. The second-order valence-electron chi connectivity index (χ2n) is 6.97. The van der Waals surface area contributed by atoms with E-state index in [-0.39, 0.29) is 6.09 Å². The van der Waals surface area contributed by atoms with E-state index in [1.807, 2.05) is 26.8 Å². The number of amides is 1. The summed E-state index contributed by atoms with van der Waals surface area (Å²) in [6.45, 7) is 11.9. The van der Waals surface area contributed by atoms with Crippen LogP contribution in [0.5, 0.6) is 0 Å². The number of rotatable bonds is 5. The fourth-order valence-corrected chi connectivity index (χ4v) is 2.55. The Kier molecular flexibility index (Phi) is 6.42. The quantitative estimate of drug-likeness (QED) is 0.846. The third-order valence-electron chi connectivity index (χ3n) is 3.80. The Bertz CT molecular complexity index is 477. The van der Waals surface area contributed by atoms with Gasteiger partial charge in [-0.2, -0.15) is 0 Å². The van der Waals surface area contributed by atoms with Crippen LogP contribution in [0, 0.1) is 0 Å². The fraction of sp³-hybridized carbons (Fsp3) is 0.611. The molecule has 1 heterocycles. The average Bonchev–Trinajstić information content (AvgIpc) is 2.51. The molecule has 1 aliphatic rings. The van der Waals surface area contributed by atoms with E-state index in [0.29, 0.717) is 0 Å². The van der Waals surface area contributed by atoms with Crippen molar-refractivity contribution >= 4 is 6.09 Å². The second kappa shape index (κ2) is 8.31. The van der Waals surface area contributed by atoms with Gasteiger partial charge in [0, 0.05) is 45.8 Å². The van der Waals surface area contributed by atoms with Gasteiger partial charge in [-0.1, -0.05) is 30.3 Å². The summed E-state index contributed by atoms with van der Waals surface area (Å²) in [7, 11) is 0. The first-order valence-corrected chi connectivity index (χ1v) is 8.39. The van der Waals surface area contributed by atoms with E-state index >= 15 is 0 Å². The molecule has 23 heavy (non-hydrogen) atoms. The van der Waals surface area contributed by atoms with Gasteiger partial charge in [0.25, 0.3) is 0 Å². The van der Waals surface area contributed by atoms with Crippen LogP contribution in [0.4, 0.5) is 4.79 Å². The molecule has 1 saturated heterocycles. The van der Waals surface area contributed by atoms with E-state index in [0.717, 1.165) is 45.8 Å². The van der Waals surface area contributed by atoms with Gasteiger partial charge in [-0.15, -0.1) is 0 Å². The van der Waals surface area contributed by atoms with Crippen molar-refractivity contribution in [1.29, 1.82) is 0 Å². The van der Waals surface area contributed by atoms with E-state index in [1.54, 1.807) is 4.90 Å². The molecule has 2 rings (SSSR count). The minimum atomic E-state index is -0.421. The Labute approximate surface area is 139 Å². The smallest absolute Gasteiger partial charge is 0.410 e. The Morgan fingerprint density at radius 1 is 1.13 bits per heavy atom. The van der Waals surface area contributed by atoms with Gasteiger partial charge in [0.2, 0.25) is 0 Å². The zero-order valence-electron chi connectivity index (χ0n) is 14.5. The maximum atomic E-state index is 12.0. The Balaban J connectivity index is 1.60. The van der Waals surface area contributed by atoms with E-state index in [2.05, 4.69) is 34.5 Å². The average molecular weight is 319 g/mol. The van der Waals surface area contributed by atoms with E-state index in [4.69, 9.17) is 4.74 Å². The molecular weight excluding hydrogens is 290 g/mol. The molecule has 0 aliphatic carbocycles. The van der Waals surface area contributed by atoms with Crippen LogP contribution in [0.2, 0.25) is 0 Å². The SMILES string of the molecule is CC(C)(C)OC(=O)N1CCN(CCNCc2ccccc2)CC1. The Morgan fingerprint density at radius 2 is 1.78 bits per heavy atom. The van der Waals surface area contributed by atoms with Crippen LogP contribution in [0.3, 0.4) is 0 Å². The molecule has 1 N–H and O–H groups in total. The summed E-state index contributed by atoms with van der Waals surface area (Å²) < 4.78 is 5.42. The van der Waals surface area contributed by atoms with Gasteiger partial charge in [0.15, 0.2) is 0 Å². The molecule has 1 aromatic rings. The predicted octanol–water partition coefficient (Wildman–Crippen LogP) is 2.33. The molecule has 1 aromatic carbocycles. The lowest BCUT2D eigenvalue weighted by Gasteiger charge is -2.35. The summed E-state index contributed by atoms with van der Waals surface area (Å²) in [5.41, 5.74) is 0.887. The highest BCUT2D eigenvalue weighted by Crippen LogP contribution is 2.11. The lowest BCUT2D eigenvalue weighted by molar-refractivity contribution is 0.0146. The predicted molar refractivity (Wildman–Crippen MR) is 92.4 cm³/mol. The monoisotopic (exact) mass is 319 g/mol. The summed E-state index contributed by atoms with van der Waals surface area (Å²) in [5, 5.41) is 3.47. The summed E-state index contributed by atoms with van der Waals surface area (Å²) in [4.78, 5) is 16.2. The normalized spacial score (nSPS) is 16.4. The van der Waals surface area contributed by atoms with Gasteiger partial charge in [0.1, 0.15) is 5.60 Å². The van der Waals surface area contributed by atoms with E-state index in [1.165, 1.54) is 5.56 Å². The number of carbonyl (C=O) groups excluding carboxylic acids is 1. The van der Waals surface area contributed by atoms with Crippen LogP contribution >= 0.6 is 0 Å². The third-order valence-corrected chi connectivity index (χ3v) is 3.80. The minimum absolute atomic E-state index is 0.195. The molecule has 0 saturated carbocycles. The maximum Gasteiger partial charge on any atom is 0.410 e. The van der Waals surface area contributed by atoms with Crippen LogP contribution in [0.15, 0.2) is 30.3 Å². The summed E-state index contributed by atoms with van der Waals surface area (Å²) >= 11 is 0. The number of ether oxygens (including phenoxy) is 1. The van der Waals surface area contributed by atoms with Crippen molar-refractivity contribution in [2.75, 3.05) is 39.3 Å². The molecule has 1 aliphatic heterocycles. The highest BCUT2D eigenvalue weighted by atomic mass is 16.6. The van der Waals surface area contributed by atoms with E-state index < -0.39 is 5.60 Å². The van der Waals surface area contributed by atoms with Crippen LogP contribution in [-0.2, 0) is 11.3 Å². The first-order valence-electron chi connectivity index (χ1n) is 8.39. The van der Waals surface area contributed by atoms with Crippen molar-refractivity contribution in [3.8, 4) is 0 Å². The van der Waals surface area contributed by atoms with Crippen LogP contribution in [0.25, 0.3) is 0 Å². The molecule has 128 valence electrons. The van der Waals surface area contributed by atoms with Gasteiger partial charge in [-0.05, 0) is 26.3 Å². The number of piperazine rings is 1. The third kappa shape index (κ3) is 6.59. The molecular formula is C18H29N3O2. The van der Waals surface area contributed by atoms with Gasteiger partial charge in [-0.3, -0.25) is 4.90 Å². The maximum absolute atomic E-state index is 12.0. The molecule has 1 fully saturated rings. The lowest BCUT2D eigenvalue weighted by atomic mass is 10.2. The standard InChI is InChI=1S/C18H29N3O2/c1-18(2,3)23-17(22)21-13-11-20(12-14-21)10-9-19-15-16-7-5-4-6-8-16/h4-8,19H,9-15H2,1-3H3. The first kappa shape index (κ1) is 17.8. The van der Waals surface area contributed by atoms with Crippen molar-refractivity contribution < 1.29 is 9.53 Å². The second-order valence-corrected chi connectivity index (χ2v) is 6.97. The van der Waals surface area contributed by atoms with Gasteiger partial charge >= 0.3 is 6.09 Å². The van der Waals surface area contributed by atoms with Crippen LogP contribution in [-0.4, -0.2) is 60.8 Å². The van der Waals surface area contributed by atoms with Crippen LogP contribution < -0.4 is 5.32 Å². The van der Waals surface area contributed by atoms with Crippen molar-refractivity contribution in [2.24, 2.45) is 0 Å². The molecule has 5 nitrogen and oxygen atoms in total. The Hall–Kier alpha value is -1.59. The zero-order chi connectivity index (χ0) is 16.7. The van der Waals surface area contributed by atoms with Crippen molar-refractivity contribution in [3.63, 3.8) is 0 Å². The summed E-state index contributed by atoms with van der Waals surface area (Å²) in [6.07, 6.45) is -0.195. The highest BCUT2D eigenvalue weighted by molar-refractivity contribution is 5.68. The molecule has 5 heteroatoms. The molecule has 0 spiro atoms. The molecule has 0 unspecified atom stereocenters. The molecule has 0 radical (unpaired) electrons. The highest BCUT2D eigenvalue weighted by Gasteiger charge is 2.25. The zero-order valence-corrected chi connectivity index (χ0v) is 14.5. The van der Waals surface area contributed by atoms with Crippen molar-refractivity contribution in [3.05, 3.63) is 35.9 Å². The number of hydrogen-bond donors (Lipinski definition) is 1. The number of hydrogen-bond acceptors (Lipinski definition) is 4. The Morgan fingerprint density at radius 3 is 2.39 bits per heavy atom. The van der Waals surface area contributed by atoms with Crippen molar-refractivity contribution in [1.82, 2.24) is 15.1 Å². The largest absolute Gasteiger partial charge is 0.444 e. The van der Waals surface area contributed by atoms with Crippen LogP contribution in [0.1, 0.15) is 26.3 Å². The lowest BCUT2D eigenvalue weighted by Crippen LogP contribution is -2.51.